The number of benzene rings is 1. The Morgan fingerprint density at radius 1 is 1.00 bits per heavy atom. The quantitative estimate of drug-likeness (QED) is 0.573. The molecule has 2 rings (SSSR count). The molecule has 1 heterocycles. The fourth-order valence-corrected chi connectivity index (χ4v) is 4.18. The maximum atomic E-state index is 3.80. The molecule has 1 unspecified atom stereocenters. The molecule has 1 aromatic carbocycles. The molecule has 0 spiro atoms. The highest BCUT2D eigenvalue weighted by molar-refractivity contribution is 9.11. The molecule has 1 aromatic heterocycles. The van der Waals surface area contributed by atoms with Gasteiger partial charge in [0, 0.05) is 4.88 Å². The van der Waals surface area contributed by atoms with Crippen molar-refractivity contribution in [3.05, 3.63) is 55.2 Å². The van der Waals surface area contributed by atoms with Crippen molar-refractivity contribution in [2.24, 2.45) is 0 Å². The Morgan fingerprint density at radius 3 is 2.06 bits per heavy atom. The molecule has 1 atom stereocenters. The molecule has 3 heteroatoms. The van der Waals surface area contributed by atoms with Crippen molar-refractivity contribution in [3.8, 4) is 0 Å². The Kier molecular flexibility index (Phi) is 4.11. The van der Waals surface area contributed by atoms with Crippen LogP contribution in [0, 0.1) is 20.8 Å². The molecule has 0 saturated carbocycles. The standard InChI is InChI=1S/C14H14Br2S/c1-8-4-9(2)6-11(5-8)13(15)12-7-10(3)14(16)17-12/h4-7,13H,1-3H3. The van der Waals surface area contributed by atoms with Gasteiger partial charge in [-0.05, 0) is 53.9 Å². The summed E-state index contributed by atoms with van der Waals surface area (Å²) in [6.07, 6.45) is 0. The van der Waals surface area contributed by atoms with Gasteiger partial charge in [0.15, 0.2) is 0 Å². The summed E-state index contributed by atoms with van der Waals surface area (Å²) in [6.45, 7) is 6.42. The van der Waals surface area contributed by atoms with E-state index in [1.165, 1.54) is 30.9 Å². The van der Waals surface area contributed by atoms with Gasteiger partial charge < -0.3 is 0 Å². The molecule has 2 aromatic rings. The minimum Gasteiger partial charge on any atom is -0.131 e. The normalized spacial score (nSPS) is 12.8. The predicted molar refractivity (Wildman–Crippen MR) is 83.4 cm³/mol. The molecular weight excluding hydrogens is 360 g/mol. The summed E-state index contributed by atoms with van der Waals surface area (Å²) < 4.78 is 1.22. The molecule has 0 amide bonds. The van der Waals surface area contributed by atoms with Crippen LogP contribution in [0.4, 0.5) is 0 Å². The Balaban J connectivity index is 2.39. The first-order valence-corrected chi connectivity index (χ1v) is 7.98. The van der Waals surface area contributed by atoms with Crippen molar-refractivity contribution in [2.75, 3.05) is 0 Å². The van der Waals surface area contributed by atoms with Gasteiger partial charge >= 0.3 is 0 Å². The molecule has 0 bridgehead atoms. The molecule has 90 valence electrons. The third-order valence-electron chi connectivity index (χ3n) is 2.66. The number of thiophene rings is 1. The smallest absolute Gasteiger partial charge is 0.0738 e. The van der Waals surface area contributed by atoms with Gasteiger partial charge in [-0.25, -0.2) is 0 Å². The van der Waals surface area contributed by atoms with Crippen molar-refractivity contribution in [1.82, 2.24) is 0 Å². The van der Waals surface area contributed by atoms with Gasteiger partial charge in [-0.15, -0.1) is 11.3 Å². The van der Waals surface area contributed by atoms with Crippen LogP contribution < -0.4 is 0 Å². The van der Waals surface area contributed by atoms with Crippen LogP contribution in [0.2, 0.25) is 0 Å². The molecule has 0 aliphatic heterocycles. The molecule has 0 aliphatic carbocycles. The Hall–Kier alpha value is -0.120. The summed E-state index contributed by atoms with van der Waals surface area (Å²) in [7, 11) is 0. The number of alkyl halides is 1. The van der Waals surface area contributed by atoms with Gasteiger partial charge in [-0.3, -0.25) is 0 Å². The molecule has 0 N–H and O–H groups in total. The van der Waals surface area contributed by atoms with Crippen LogP contribution in [0.1, 0.15) is 32.0 Å². The van der Waals surface area contributed by atoms with Crippen LogP contribution in [0.25, 0.3) is 0 Å². The van der Waals surface area contributed by atoms with Gasteiger partial charge in [0.1, 0.15) is 0 Å². The van der Waals surface area contributed by atoms with Crippen LogP contribution >= 0.6 is 43.2 Å². The Morgan fingerprint density at radius 2 is 1.59 bits per heavy atom. The zero-order chi connectivity index (χ0) is 12.6. The maximum absolute atomic E-state index is 3.80. The van der Waals surface area contributed by atoms with Crippen molar-refractivity contribution in [2.45, 2.75) is 25.6 Å². The SMILES string of the molecule is Cc1cc(C)cc(C(Br)c2cc(C)c(Br)s2)c1. The van der Waals surface area contributed by atoms with E-state index in [2.05, 4.69) is 76.9 Å². The van der Waals surface area contributed by atoms with E-state index < -0.39 is 0 Å². The van der Waals surface area contributed by atoms with Crippen LogP contribution in [0.5, 0.6) is 0 Å². The van der Waals surface area contributed by atoms with E-state index >= 15 is 0 Å². The molecule has 0 aliphatic rings. The summed E-state index contributed by atoms with van der Waals surface area (Å²) >= 11 is 9.18. The Labute approximate surface area is 123 Å². The first kappa shape index (κ1) is 13.3. The summed E-state index contributed by atoms with van der Waals surface area (Å²) in [4.78, 5) is 1.63. The highest BCUT2D eigenvalue weighted by Gasteiger charge is 2.14. The number of rotatable bonds is 2. The highest BCUT2D eigenvalue weighted by Crippen LogP contribution is 2.39. The third kappa shape index (κ3) is 3.01. The molecule has 0 nitrogen and oxygen atoms in total. The zero-order valence-corrected chi connectivity index (χ0v) is 14.0. The van der Waals surface area contributed by atoms with E-state index in [9.17, 15) is 0 Å². The topological polar surface area (TPSA) is 0 Å². The second-order valence-electron chi connectivity index (χ2n) is 4.39. The van der Waals surface area contributed by atoms with Crippen molar-refractivity contribution < 1.29 is 0 Å². The number of hydrogen-bond acceptors (Lipinski definition) is 1. The Bertz CT molecular complexity index is 503. The average Bonchev–Trinajstić information content (AvgIpc) is 2.57. The van der Waals surface area contributed by atoms with E-state index in [4.69, 9.17) is 0 Å². The lowest BCUT2D eigenvalue weighted by molar-refractivity contribution is 1.19. The molecule has 17 heavy (non-hydrogen) atoms. The van der Waals surface area contributed by atoms with Gasteiger partial charge in [-0.2, -0.15) is 0 Å². The van der Waals surface area contributed by atoms with Crippen LogP contribution in [0.3, 0.4) is 0 Å². The van der Waals surface area contributed by atoms with Crippen molar-refractivity contribution >= 4 is 43.2 Å². The van der Waals surface area contributed by atoms with E-state index in [-0.39, 0.29) is 4.83 Å². The lowest BCUT2D eigenvalue weighted by Crippen LogP contribution is -1.91. The van der Waals surface area contributed by atoms with E-state index in [1.807, 2.05) is 0 Å². The second kappa shape index (κ2) is 5.25. The van der Waals surface area contributed by atoms with Gasteiger partial charge in [-0.1, -0.05) is 45.3 Å². The predicted octanol–water partition coefficient (Wildman–Crippen LogP) is 5.92. The molecule has 0 radical (unpaired) electrons. The number of halogens is 2. The summed E-state index contributed by atoms with van der Waals surface area (Å²) in [6, 6.07) is 8.94. The fraction of sp³-hybridized carbons (Fsp3) is 0.286. The summed E-state index contributed by atoms with van der Waals surface area (Å²) in [5, 5.41) is 0. The van der Waals surface area contributed by atoms with E-state index in [0.717, 1.165) is 0 Å². The molecular formula is C14H14Br2S. The minimum atomic E-state index is 0.288. The van der Waals surface area contributed by atoms with Crippen LogP contribution in [0.15, 0.2) is 28.1 Å². The lowest BCUT2D eigenvalue weighted by atomic mass is 10.0. The van der Waals surface area contributed by atoms with E-state index in [0.29, 0.717) is 0 Å². The van der Waals surface area contributed by atoms with Crippen molar-refractivity contribution in [1.29, 1.82) is 0 Å². The summed E-state index contributed by atoms with van der Waals surface area (Å²) in [5.74, 6) is 0. The first-order valence-electron chi connectivity index (χ1n) is 5.45. The molecule has 0 saturated heterocycles. The van der Waals surface area contributed by atoms with Gasteiger partial charge in [0.25, 0.3) is 0 Å². The third-order valence-corrected chi connectivity index (χ3v) is 6.19. The second-order valence-corrected chi connectivity index (χ2v) is 7.71. The minimum absolute atomic E-state index is 0.288. The lowest BCUT2D eigenvalue weighted by Gasteiger charge is -2.10. The first-order chi connectivity index (χ1) is 7.97. The number of hydrogen-bond donors (Lipinski definition) is 0. The maximum Gasteiger partial charge on any atom is 0.0738 e. The van der Waals surface area contributed by atoms with Gasteiger partial charge in [0.2, 0.25) is 0 Å². The highest BCUT2D eigenvalue weighted by atomic mass is 79.9. The van der Waals surface area contributed by atoms with Crippen LogP contribution in [-0.2, 0) is 0 Å². The fourth-order valence-electron chi connectivity index (χ4n) is 1.93. The van der Waals surface area contributed by atoms with Gasteiger partial charge in [0.05, 0.1) is 8.61 Å². The van der Waals surface area contributed by atoms with Crippen molar-refractivity contribution in [3.63, 3.8) is 0 Å². The largest absolute Gasteiger partial charge is 0.131 e. The monoisotopic (exact) mass is 372 g/mol. The van der Waals surface area contributed by atoms with Crippen LogP contribution in [-0.4, -0.2) is 0 Å². The average molecular weight is 374 g/mol. The zero-order valence-electron chi connectivity index (χ0n) is 10.1. The van der Waals surface area contributed by atoms with E-state index in [1.54, 1.807) is 11.3 Å². The summed E-state index contributed by atoms with van der Waals surface area (Å²) in [5.41, 5.74) is 5.27. The molecule has 0 fully saturated rings. The number of aryl methyl sites for hydroxylation is 3.